The van der Waals surface area contributed by atoms with Crippen LogP contribution in [0, 0.1) is 5.92 Å². The monoisotopic (exact) mass is 263 g/mol. The van der Waals surface area contributed by atoms with Crippen LogP contribution in [0.1, 0.15) is 43.9 Å². The summed E-state index contributed by atoms with van der Waals surface area (Å²) in [6.45, 7) is 4.97. The van der Waals surface area contributed by atoms with Gasteiger partial charge in [-0.2, -0.15) is 0 Å². The lowest BCUT2D eigenvalue weighted by molar-refractivity contribution is 0.0551. The summed E-state index contributed by atoms with van der Waals surface area (Å²) >= 11 is 0. The van der Waals surface area contributed by atoms with E-state index in [-0.39, 0.29) is 6.10 Å². The van der Waals surface area contributed by atoms with Crippen LogP contribution in [0.5, 0.6) is 0 Å². The number of rotatable bonds is 6. The Kier molecular flexibility index (Phi) is 4.97. The van der Waals surface area contributed by atoms with E-state index in [1.807, 2.05) is 12.1 Å². The van der Waals surface area contributed by atoms with Gasteiger partial charge in [0.2, 0.25) is 0 Å². The van der Waals surface area contributed by atoms with Gasteiger partial charge in [0, 0.05) is 12.6 Å². The summed E-state index contributed by atoms with van der Waals surface area (Å²) in [5, 5.41) is 22.6. The van der Waals surface area contributed by atoms with E-state index in [4.69, 9.17) is 0 Å². The van der Waals surface area contributed by atoms with Crippen LogP contribution < -0.4 is 5.32 Å². The molecule has 1 unspecified atom stereocenters. The van der Waals surface area contributed by atoms with E-state index in [1.165, 1.54) is 5.56 Å². The van der Waals surface area contributed by atoms with Crippen LogP contribution >= 0.6 is 0 Å². The van der Waals surface area contributed by atoms with Crippen molar-refractivity contribution < 1.29 is 10.2 Å². The summed E-state index contributed by atoms with van der Waals surface area (Å²) < 4.78 is 0. The Morgan fingerprint density at radius 1 is 1.21 bits per heavy atom. The van der Waals surface area contributed by atoms with Crippen molar-refractivity contribution in [2.45, 2.75) is 51.4 Å². The van der Waals surface area contributed by atoms with Crippen molar-refractivity contribution in [2.75, 3.05) is 6.54 Å². The molecule has 0 spiro atoms. The van der Waals surface area contributed by atoms with E-state index < -0.39 is 6.10 Å². The molecule has 3 N–H and O–H groups in total. The smallest absolute Gasteiger partial charge is 0.0914 e. The first-order valence-electron chi connectivity index (χ1n) is 7.23. The fourth-order valence-electron chi connectivity index (χ4n) is 2.50. The summed E-state index contributed by atoms with van der Waals surface area (Å²) in [7, 11) is 0. The largest absolute Gasteiger partial charge is 0.393 e. The predicted octanol–water partition coefficient (Wildman–Crippen LogP) is 2.03. The molecule has 0 saturated heterocycles. The number of aliphatic hydroxyl groups excluding tert-OH is 2. The third-order valence-electron chi connectivity index (χ3n) is 3.72. The van der Waals surface area contributed by atoms with Gasteiger partial charge in [0.05, 0.1) is 12.2 Å². The highest BCUT2D eigenvalue weighted by Crippen LogP contribution is 2.21. The fourth-order valence-corrected chi connectivity index (χ4v) is 2.50. The molecule has 1 aromatic rings. The lowest BCUT2D eigenvalue weighted by Crippen LogP contribution is -2.45. The first-order valence-corrected chi connectivity index (χ1v) is 7.23. The second kappa shape index (κ2) is 6.51. The number of aliphatic hydroxyl groups is 2. The normalized spacial score (nSPS) is 24.3. The molecule has 1 fully saturated rings. The minimum atomic E-state index is -0.467. The van der Waals surface area contributed by atoms with Gasteiger partial charge in [0.1, 0.15) is 0 Å². The highest BCUT2D eigenvalue weighted by molar-refractivity contribution is 5.24. The maximum Gasteiger partial charge on any atom is 0.0914 e. The van der Waals surface area contributed by atoms with Gasteiger partial charge >= 0.3 is 0 Å². The standard InChI is InChI=1S/C16H25NO2/c1-11(2)7-12-3-5-13(6-4-12)16(19)10-17-14-8-15(18)9-14/h3-6,11,14-19H,7-10H2,1-2H3. The minimum Gasteiger partial charge on any atom is -0.393 e. The summed E-state index contributed by atoms with van der Waals surface area (Å²) in [6.07, 6.45) is 2.07. The van der Waals surface area contributed by atoms with Gasteiger partial charge in [0.25, 0.3) is 0 Å². The first kappa shape index (κ1) is 14.5. The second-order valence-corrected chi connectivity index (χ2v) is 6.09. The van der Waals surface area contributed by atoms with Gasteiger partial charge < -0.3 is 15.5 Å². The van der Waals surface area contributed by atoms with Crippen molar-refractivity contribution in [3.63, 3.8) is 0 Å². The molecule has 3 nitrogen and oxygen atoms in total. The molecule has 106 valence electrons. The molecule has 1 aliphatic carbocycles. The molecule has 0 aliphatic heterocycles. The zero-order valence-electron chi connectivity index (χ0n) is 11.8. The van der Waals surface area contributed by atoms with E-state index in [9.17, 15) is 10.2 Å². The number of nitrogens with one attached hydrogen (secondary N) is 1. The maximum atomic E-state index is 10.1. The summed E-state index contributed by atoms with van der Waals surface area (Å²) in [5.41, 5.74) is 2.28. The third-order valence-corrected chi connectivity index (χ3v) is 3.72. The Morgan fingerprint density at radius 3 is 2.37 bits per heavy atom. The third kappa shape index (κ3) is 4.30. The molecule has 1 aromatic carbocycles. The topological polar surface area (TPSA) is 52.5 Å². The van der Waals surface area contributed by atoms with Crippen molar-refractivity contribution in [3.05, 3.63) is 35.4 Å². The van der Waals surface area contributed by atoms with E-state index in [2.05, 4.69) is 31.3 Å². The van der Waals surface area contributed by atoms with Crippen molar-refractivity contribution in [2.24, 2.45) is 5.92 Å². The van der Waals surface area contributed by atoms with E-state index in [0.29, 0.717) is 18.5 Å². The van der Waals surface area contributed by atoms with Crippen LogP contribution in [-0.4, -0.2) is 28.9 Å². The summed E-state index contributed by atoms with van der Waals surface area (Å²) in [5.74, 6) is 0.655. The zero-order chi connectivity index (χ0) is 13.8. The molecule has 1 saturated carbocycles. The van der Waals surface area contributed by atoms with Gasteiger partial charge in [-0.3, -0.25) is 0 Å². The van der Waals surface area contributed by atoms with Crippen LogP contribution in [0.25, 0.3) is 0 Å². The fraction of sp³-hybridized carbons (Fsp3) is 0.625. The predicted molar refractivity (Wildman–Crippen MR) is 77.0 cm³/mol. The van der Waals surface area contributed by atoms with Gasteiger partial charge in [-0.25, -0.2) is 0 Å². The molecule has 3 heteroatoms. The van der Waals surface area contributed by atoms with Crippen LogP contribution in [-0.2, 0) is 6.42 Å². The Hall–Kier alpha value is -0.900. The van der Waals surface area contributed by atoms with Gasteiger partial charge in [-0.1, -0.05) is 38.1 Å². The quantitative estimate of drug-likeness (QED) is 0.736. The average molecular weight is 263 g/mol. The molecule has 0 radical (unpaired) electrons. The van der Waals surface area contributed by atoms with Crippen LogP contribution in [0.4, 0.5) is 0 Å². The zero-order valence-corrected chi connectivity index (χ0v) is 11.8. The highest BCUT2D eigenvalue weighted by atomic mass is 16.3. The van der Waals surface area contributed by atoms with Crippen LogP contribution in [0.2, 0.25) is 0 Å². The number of benzene rings is 1. The van der Waals surface area contributed by atoms with Crippen LogP contribution in [0.3, 0.4) is 0 Å². The van der Waals surface area contributed by atoms with E-state index >= 15 is 0 Å². The summed E-state index contributed by atoms with van der Waals surface area (Å²) in [6, 6.07) is 8.60. The van der Waals surface area contributed by atoms with Crippen molar-refractivity contribution >= 4 is 0 Å². The summed E-state index contributed by atoms with van der Waals surface area (Å²) in [4.78, 5) is 0. The van der Waals surface area contributed by atoms with E-state index in [0.717, 1.165) is 24.8 Å². The Labute approximate surface area is 115 Å². The Morgan fingerprint density at radius 2 is 1.84 bits per heavy atom. The van der Waals surface area contributed by atoms with Gasteiger partial charge in [-0.15, -0.1) is 0 Å². The molecule has 19 heavy (non-hydrogen) atoms. The molecular formula is C16H25NO2. The minimum absolute atomic E-state index is 0.148. The van der Waals surface area contributed by atoms with Crippen molar-refractivity contribution in [3.8, 4) is 0 Å². The molecule has 0 bridgehead atoms. The molecule has 0 heterocycles. The highest BCUT2D eigenvalue weighted by Gasteiger charge is 2.26. The van der Waals surface area contributed by atoms with Crippen molar-refractivity contribution in [1.29, 1.82) is 0 Å². The molecule has 2 rings (SSSR count). The molecule has 0 aromatic heterocycles. The molecule has 1 aliphatic rings. The molecule has 1 atom stereocenters. The van der Waals surface area contributed by atoms with Crippen molar-refractivity contribution in [1.82, 2.24) is 5.32 Å². The Balaban J connectivity index is 1.80. The maximum absolute atomic E-state index is 10.1. The Bertz CT molecular complexity index is 382. The first-order chi connectivity index (χ1) is 9.04. The lowest BCUT2D eigenvalue weighted by atomic mass is 9.89. The number of hydrogen-bond acceptors (Lipinski definition) is 3. The second-order valence-electron chi connectivity index (χ2n) is 6.09. The van der Waals surface area contributed by atoms with Gasteiger partial charge in [0.15, 0.2) is 0 Å². The van der Waals surface area contributed by atoms with Crippen LogP contribution in [0.15, 0.2) is 24.3 Å². The molecular weight excluding hydrogens is 238 g/mol. The average Bonchev–Trinajstić information content (AvgIpc) is 2.33. The van der Waals surface area contributed by atoms with E-state index in [1.54, 1.807) is 0 Å². The van der Waals surface area contributed by atoms with Gasteiger partial charge in [-0.05, 0) is 36.3 Å². The number of hydrogen-bond donors (Lipinski definition) is 3. The molecule has 0 amide bonds. The SMILES string of the molecule is CC(C)Cc1ccc(C(O)CNC2CC(O)C2)cc1. The lowest BCUT2D eigenvalue weighted by Gasteiger charge is -2.32.